The van der Waals surface area contributed by atoms with Gasteiger partial charge in [-0.15, -0.1) is 11.3 Å². The molecule has 6 heterocycles. The highest BCUT2D eigenvalue weighted by atomic mass is 32.1. The molecule has 0 radical (unpaired) electrons. The van der Waals surface area contributed by atoms with Crippen molar-refractivity contribution >= 4 is 153 Å². The van der Waals surface area contributed by atoms with Crippen LogP contribution in [0.5, 0.6) is 0 Å². The van der Waals surface area contributed by atoms with Crippen molar-refractivity contribution in [3.05, 3.63) is 291 Å². The summed E-state index contributed by atoms with van der Waals surface area (Å²) in [4.78, 5) is 21.7. The van der Waals surface area contributed by atoms with Gasteiger partial charge in [-0.2, -0.15) is 0 Å². The summed E-state index contributed by atoms with van der Waals surface area (Å²) < 4.78 is 147. The van der Waals surface area contributed by atoms with Crippen LogP contribution in [-0.4, -0.2) is 23.4 Å². The molecule has 13 aromatic rings. The van der Waals surface area contributed by atoms with Crippen molar-refractivity contribution in [2.24, 2.45) is 0 Å². The lowest BCUT2D eigenvalue weighted by molar-refractivity contribution is 0.568. The van der Waals surface area contributed by atoms with Gasteiger partial charge in [-0.1, -0.05) is 355 Å². The van der Waals surface area contributed by atoms with Crippen LogP contribution in [0.1, 0.15) is 310 Å². The van der Waals surface area contributed by atoms with Crippen molar-refractivity contribution in [3.63, 3.8) is 0 Å². The third kappa shape index (κ3) is 17.1. The molecule has 0 atom stereocenters. The zero-order valence-electron chi connectivity index (χ0n) is 96.4. The van der Waals surface area contributed by atoms with E-state index in [0.29, 0.717) is 22.4 Å². The van der Waals surface area contributed by atoms with E-state index in [2.05, 4.69) is 252 Å². The monoisotopic (exact) mass is 1730 g/mol. The number of fused-ring (bicyclic) bond motifs is 8. The number of aromatic nitrogens is 2. The van der Waals surface area contributed by atoms with Crippen LogP contribution in [0.15, 0.2) is 230 Å². The fraction of sp³-hybridized carbons (Fsp3) is 0.379. The highest BCUT2D eigenvalue weighted by Gasteiger charge is 2.50. The lowest BCUT2D eigenvalue weighted by Gasteiger charge is -2.44. The molecule has 127 heavy (non-hydrogen) atoms. The molecule has 0 unspecified atom stereocenters. The Morgan fingerprint density at radius 3 is 1.17 bits per heavy atom. The van der Waals surface area contributed by atoms with E-state index < -0.39 is 57.3 Å². The van der Waals surface area contributed by atoms with E-state index in [-0.39, 0.29) is 178 Å². The van der Waals surface area contributed by atoms with Crippen LogP contribution in [0.2, 0.25) is 0 Å². The molecule has 654 valence electrons. The summed E-state index contributed by atoms with van der Waals surface area (Å²) in [6.45, 7) is 67.0. The first-order valence-corrected chi connectivity index (χ1v) is 46.8. The zero-order chi connectivity index (χ0) is 105. The second kappa shape index (κ2) is 31.3. The number of thiazole rings is 2. The van der Waals surface area contributed by atoms with Gasteiger partial charge in [0, 0.05) is 84.9 Å². The summed E-state index contributed by atoms with van der Waals surface area (Å²) >= 11 is 2.89. The Morgan fingerprint density at radius 2 is 0.685 bits per heavy atom. The first-order chi connectivity index (χ1) is 65.2. The molecule has 0 spiro atoms. The molecule has 17 rings (SSSR count). The summed E-state index contributed by atoms with van der Waals surface area (Å²) in [6.07, 6.45) is 0. The fourth-order valence-corrected chi connectivity index (χ4v) is 19.2. The Morgan fingerprint density at radius 1 is 0.268 bits per heavy atom. The third-order valence-electron chi connectivity index (χ3n) is 24.7. The average Bonchev–Trinajstić information content (AvgIpc) is 1.06. The molecule has 11 heteroatoms. The Kier molecular flexibility index (Phi) is 17.9. The average molecular weight is 1730 g/mol. The molecule has 0 amide bonds. The number of anilines is 15. The lowest BCUT2D eigenvalue weighted by Crippen LogP contribution is -2.62. The molecule has 0 N–H and O–H groups in total. The normalized spacial score (nSPS) is 15.9. The number of hydrogen-bond acceptors (Lipinski definition) is 9. The Labute approximate surface area is 792 Å². The first-order valence-electron chi connectivity index (χ1n) is 52.6. The minimum Gasteiger partial charge on any atom is -0.311 e. The van der Waals surface area contributed by atoms with Gasteiger partial charge in [0.1, 0.15) is 15.0 Å². The molecule has 0 saturated heterocycles. The number of para-hydroxylation sites is 2. The van der Waals surface area contributed by atoms with Gasteiger partial charge in [-0.05, 0) is 247 Å². The van der Waals surface area contributed by atoms with Crippen LogP contribution < -0.4 is 57.5 Å². The minimum absolute atomic E-state index is 0.0104. The van der Waals surface area contributed by atoms with Crippen molar-refractivity contribution in [1.29, 1.82) is 0 Å². The predicted octanol–water partition coefficient (Wildman–Crippen LogP) is 29.9. The SMILES string of the molecule is CC(C)(C)c1ccc(N2c3cc(N(c4ccccc4)c4ccccc4)ccc3B3c4nc(C(C)(C)C)sc4N(c4cc(C(C)(C)C)cc(C(C)(C)C)c4)c4cc(C(C)(C)C)cc2c43)cc1.[2H]c1c([2H])c(C(C)(C)C)c([2H])c([2H])c1-c1nc2c(s1)N(c1c([2H])c(C(C)(C)C)c([2H])c(C(C)(C)C)c1[2H])c1cc(C(C)(C)C)c([2H])c3c1B2c1c([2H])c(C(C)(C)C)c([2H])c([2H])c1N3c1c([2H])c([2H])c(C(C)(C)C)c([2H])c1[2H]. The van der Waals surface area contributed by atoms with Crippen LogP contribution >= 0.6 is 22.7 Å². The van der Waals surface area contributed by atoms with Crippen molar-refractivity contribution in [1.82, 2.24) is 9.97 Å². The highest BCUT2D eigenvalue weighted by molar-refractivity contribution is 7.22. The van der Waals surface area contributed by atoms with Gasteiger partial charge < -0.3 is 24.5 Å². The minimum atomic E-state index is -1.23. The molecular formula is C116H137B2N7S2. The number of nitrogens with zero attached hydrogens (tertiary/aromatic N) is 7. The Balaban J connectivity index is 0.000000207. The smallest absolute Gasteiger partial charge is 0.276 e. The van der Waals surface area contributed by atoms with E-state index in [1.165, 1.54) is 65.8 Å². The van der Waals surface area contributed by atoms with E-state index in [1.807, 2.05) is 115 Å². The predicted molar refractivity (Wildman–Crippen MR) is 558 cm³/mol. The van der Waals surface area contributed by atoms with Gasteiger partial charge in [0.25, 0.3) is 13.4 Å². The Hall–Kier alpha value is -10.2. The Bertz CT molecular complexity index is 7160. The molecule has 0 fully saturated rings. The quantitative estimate of drug-likeness (QED) is 0.140. The van der Waals surface area contributed by atoms with Crippen LogP contribution in [0, 0.1) is 0 Å². The second-order valence-electron chi connectivity index (χ2n) is 46.7. The summed E-state index contributed by atoms with van der Waals surface area (Å²) in [5, 5.41) is 2.68. The van der Waals surface area contributed by atoms with E-state index in [9.17, 15) is 20.6 Å². The maximum atomic E-state index is 10.5. The molecule has 2 aromatic heterocycles. The standard InChI is InChI=1S/C59H67BN4S.C57H70BN3S/c1-55(2,3)38-26-28-44(29-27-38)63-48-37-45(62(42-22-18-16-19-23-42)43-24-20-17-21-25-43)30-31-47(48)60-51-49(63)35-41(58(10,11)12)36-50(51)64(53-52(60)61-54(65-53)59(13,14)15)46-33-39(56(4,5)6)32-40(34-46)57(7,8)9;1-52(2,3)36-21-19-35(20-22-36)50-59-49-51(62-50)61(43-30-39(55(10,11)12)29-40(31-43)56(13,14)15)47-34-41(57(16,17)18)33-46-48(47)58(49)44-32-38(54(7,8)9)25-28-45(44)60(46)42-26-23-37(24-27-42)53(4,5)6/h16-37H,1-15H3;19-34H,1-18H3/i;19D,20D,21D,22D,23D,24D,25D,26D,27D,28D,29D,30D,31D,32D,33D. The van der Waals surface area contributed by atoms with Gasteiger partial charge in [0.05, 0.1) is 36.8 Å². The van der Waals surface area contributed by atoms with E-state index in [1.54, 1.807) is 31.7 Å². The molecule has 4 aliphatic rings. The van der Waals surface area contributed by atoms with Crippen LogP contribution in [-0.2, 0) is 59.6 Å². The maximum Gasteiger partial charge on any atom is 0.276 e. The van der Waals surface area contributed by atoms with Gasteiger partial charge in [0.15, 0.2) is 0 Å². The maximum absolute atomic E-state index is 10.5. The summed E-state index contributed by atoms with van der Waals surface area (Å²) in [5.74, 6) is 0. The molecular weight excluding hydrogens is 1580 g/mol. The number of hydrogen-bond donors (Lipinski definition) is 0. The lowest BCUT2D eigenvalue weighted by atomic mass is 9.35. The highest BCUT2D eigenvalue weighted by Crippen LogP contribution is 2.54. The summed E-state index contributed by atoms with van der Waals surface area (Å²) in [7, 11) is 0. The van der Waals surface area contributed by atoms with Crippen molar-refractivity contribution in [2.75, 3.05) is 24.5 Å². The van der Waals surface area contributed by atoms with Crippen molar-refractivity contribution in [2.45, 2.75) is 288 Å². The van der Waals surface area contributed by atoms with Crippen LogP contribution in [0.25, 0.3) is 10.6 Å². The largest absolute Gasteiger partial charge is 0.311 e. The number of benzene rings is 11. The van der Waals surface area contributed by atoms with E-state index in [0.717, 1.165) is 44.7 Å². The molecule has 0 saturated carbocycles. The molecule has 7 nitrogen and oxygen atoms in total. The van der Waals surface area contributed by atoms with Gasteiger partial charge >= 0.3 is 0 Å². The topological polar surface area (TPSA) is 42.0 Å². The molecule has 0 bridgehead atoms. The zero-order valence-corrected chi connectivity index (χ0v) is 83.0. The second-order valence-corrected chi connectivity index (χ2v) is 48.6. The van der Waals surface area contributed by atoms with Gasteiger partial charge in [-0.3, -0.25) is 4.98 Å². The van der Waals surface area contributed by atoms with Crippen molar-refractivity contribution < 1.29 is 20.6 Å². The molecule has 0 aliphatic carbocycles. The fourth-order valence-electron chi connectivity index (χ4n) is 16.9. The van der Waals surface area contributed by atoms with Gasteiger partial charge in [-0.25, -0.2) is 4.98 Å². The first kappa shape index (κ1) is 72.7. The third-order valence-corrected chi connectivity index (χ3v) is 27.3. The van der Waals surface area contributed by atoms with E-state index in [4.69, 9.17) is 9.97 Å². The van der Waals surface area contributed by atoms with Gasteiger partial charge in [0.2, 0.25) is 0 Å². The van der Waals surface area contributed by atoms with E-state index >= 15 is 0 Å². The molecule has 4 aliphatic heterocycles. The van der Waals surface area contributed by atoms with Crippen LogP contribution in [0.4, 0.5) is 83.9 Å². The molecule has 11 aromatic carbocycles. The summed E-state index contributed by atoms with van der Waals surface area (Å²) in [6, 6.07) is 48.1. The number of rotatable bonds is 8. The van der Waals surface area contributed by atoms with Crippen molar-refractivity contribution in [3.8, 4) is 10.6 Å². The van der Waals surface area contributed by atoms with Crippen LogP contribution in [0.3, 0.4) is 0 Å². The summed E-state index contributed by atoms with van der Waals surface area (Å²) in [5.41, 5.74) is 14.8.